The minimum Gasteiger partial charge on any atom is -0.466 e. The molecule has 1 heterocycles. The Hall–Kier alpha value is -0.650. The van der Waals surface area contributed by atoms with Crippen LogP contribution in [0.3, 0.4) is 0 Å². The number of rotatable bonds is 7. The van der Waals surface area contributed by atoms with Crippen molar-refractivity contribution in [2.24, 2.45) is 0 Å². The lowest BCUT2D eigenvalue weighted by Gasteiger charge is -2.27. The van der Waals surface area contributed by atoms with E-state index in [4.69, 9.17) is 14.2 Å². The Kier molecular flexibility index (Phi) is 5.88. The van der Waals surface area contributed by atoms with Crippen molar-refractivity contribution in [3.63, 3.8) is 0 Å². The maximum absolute atomic E-state index is 11.3. The van der Waals surface area contributed by atoms with Gasteiger partial charge in [0.1, 0.15) is 5.60 Å². The fraction of sp³-hybridized carbons (Fsp3) is 0.917. The summed E-state index contributed by atoms with van der Waals surface area (Å²) in [4.78, 5) is 11.3. The molecule has 5 heteroatoms. The molecule has 1 aliphatic rings. The van der Waals surface area contributed by atoms with Crippen LogP contribution >= 0.6 is 0 Å². The zero-order valence-electron chi connectivity index (χ0n) is 11.0. The third-order valence-electron chi connectivity index (χ3n) is 3.05. The summed E-state index contributed by atoms with van der Waals surface area (Å²) >= 11 is 0. The standard InChI is InChI=1S/C12H23NO4/c1-4-17-11(14)7-10(2)13-8-12(15-3)5-6-16-9-12/h10,13H,4-9H2,1-3H3. The summed E-state index contributed by atoms with van der Waals surface area (Å²) in [5.74, 6) is -0.165. The molecule has 2 unspecified atom stereocenters. The zero-order valence-corrected chi connectivity index (χ0v) is 11.0. The number of ether oxygens (including phenoxy) is 3. The van der Waals surface area contributed by atoms with E-state index < -0.39 is 0 Å². The van der Waals surface area contributed by atoms with Crippen LogP contribution < -0.4 is 5.32 Å². The highest BCUT2D eigenvalue weighted by atomic mass is 16.5. The minimum atomic E-state index is -0.233. The molecule has 0 bridgehead atoms. The van der Waals surface area contributed by atoms with Gasteiger partial charge < -0.3 is 19.5 Å². The van der Waals surface area contributed by atoms with E-state index >= 15 is 0 Å². The van der Waals surface area contributed by atoms with Crippen LogP contribution in [0.2, 0.25) is 0 Å². The first-order valence-corrected chi connectivity index (χ1v) is 6.14. The molecular formula is C12H23NO4. The van der Waals surface area contributed by atoms with E-state index in [0.29, 0.717) is 26.2 Å². The Bertz CT molecular complexity index is 239. The molecular weight excluding hydrogens is 222 g/mol. The predicted octanol–water partition coefficient (Wildman–Crippen LogP) is 0.723. The van der Waals surface area contributed by atoms with Gasteiger partial charge in [-0.1, -0.05) is 0 Å². The summed E-state index contributed by atoms with van der Waals surface area (Å²) in [5, 5.41) is 3.30. The maximum Gasteiger partial charge on any atom is 0.307 e. The normalized spacial score (nSPS) is 25.8. The van der Waals surface area contributed by atoms with Crippen LogP contribution in [0.1, 0.15) is 26.7 Å². The zero-order chi connectivity index (χ0) is 12.7. The Morgan fingerprint density at radius 3 is 2.88 bits per heavy atom. The molecule has 0 amide bonds. The summed E-state index contributed by atoms with van der Waals surface area (Å²) in [6.07, 6.45) is 1.27. The quantitative estimate of drug-likeness (QED) is 0.670. The highest BCUT2D eigenvalue weighted by Crippen LogP contribution is 2.21. The number of methoxy groups -OCH3 is 1. The molecule has 0 aromatic carbocycles. The lowest BCUT2D eigenvalue weighted by atomic mass is 10.0. The van der Waals surface area contributed by atoms with Gasteiger partial charge in [-0.2, -0.15) is 0 Å². The average molecular weight is 245 g/mol. The number of hydrogen-bond acceptors (Lipinski definition) is 5. The van der Waals surface area contributed by atoms with E-state index in [1.807, 2.05) is 13.8 Å². The number of carbonyl (C=O) groups excluding carboxylic acids is 1. The van der Waals surface area contributed by atoms with Crippen LogP contribution in [-0.4, -0.2) is 51.1 Å². The van der Waals surface area contributed by atoms with Gasteiger partial charge >= 0.3 is 5.97 Å². The molecule has 0 aromatic rings. The molecule has 100 valence electrons. The molecule has 0 radical (unpaired) electrons. The van der Waals surface area contributed by atoms with Gasteiger partial charge in [-0.25, -0.2) is 0 Å². The van der Waals surface area contributed by atoms with Crippen LogP contribution in [0, 0.1) is 0 Å². The number of hydrogen-bond donors (Lipinski definition) is 1. The van der Waals surface area contributed by atoms with Crippen molar-refractivity contribution in [2.75, 3.05) is 33.5 Å². The molecule has 17 heavy (non-hydrogen) atoms. The van der Waals surface area contributed by atoms with Gasteiger partial charge in [-0.15, -0.1) is 0 Å². The fourth-order valence-corrected chi connectivity index (χ4v) is 1.86. The van der Waals surface area contributed by atoms with E-state index in [0.717, 1.165) is 13.0 Å². The molecule has 0 aliphatic carbocycles. The molecule has 1 aliphatic heterocycles. The van der Waals surface area contributed by atoms with Gasteiger partial charge in [0.2, 0.25) is 0 Å². The number of nitrogens with one attached hydrogen (secondary N) is 1. The highest BCUT2D eigenvalue weighted by molar-refractivity contribution is 5.69. The van der Waals surface area contributed by atoms with E-state index in [-0.39, 0.29) is 17.6 Å². The van der Waals surface area contributed by atoms with Gasteiger partial charge in [0, 0.05) is 32.7 Å². The van der Waals surface area contributed by atoms with Gasteiger partial charge in [0.25, 0.3) is 0 Å². The average Bonchev–Trinajstić information content (AvgIpc) is 2.76. The van der Waals surface area contributed by atoms with Gasteiger partial charge in [-0.05, 0) is 13.8 Å². The summed E-state index contributed by atoms with van der Waals surface area (Å²) in [7, 11) is 1.70. The molecule has 1 saturated heterocycles. The van der Waals surface area contributed by atoms with Crippen LogP contribution in [0.4, 0.5) is 0 Å². The van der Waals surface area contributed by atoms with E-state index in [9.17, 15) is 4.79 Å². The van der Waals surface area contributed by atoms with Crippen LogP contribution in [0.5, 0.6) is 0 Å². The smallest absolute Gasteiger partial charge is 0.307 e. The van der Waals surface area contributed by atoms with E-state index in [1.54, 1.807) is 7.11 Å². The predicted molar refractivity (Wildman–Crippen MR) is 63.9 cm³/mol. The topological polar surface area (TPSA) is 56.8 Å². The van der Waals surface area contributed by atoms with Crippen molar-refractivity contribution in [1.29, 1.82) is 0 Å². The Labute approximate surface area is 103 Å². The summed E-state index contributed by atoms with van der Waals surface area (Å²) in [6.45, 7) is 6.26. The molecule has 2 atom stereocenters. The van der Waals surface area contributed by atoms with Crippen molar-refractivity contribution in [3.05, 3.63) is 0 Å². The lowest BCUT2D eigenvalue weighted by molar-refractivity contribution is -0.143. The molecule has 0 saturated carbocycles. The van der Waals surface area contributed by atoms with Crippen molar-refractivity contribution >= 4 is 5.97 Å². The van der Waals surface area contributed by atoms with Crippen molar-refractivity contribution < 1.29 is 19.0 Å². The van der Waals surface area contributed by atoms with Crippen molar-refractivity contribution in [2.45, 2.75) is 38.3 Å². The molecule has 0 spiro atoms. The minimum absolute atomic E-state index is 0.0849. The molecule has 1 fully saturated rings. The van der Waals surface area contributed by atoms with Gasteiger partial charge in [0.05, 0.1) is 19.6 Å². The Morgan fingerprint density at radius 1 is 1.59 bits per heavy atom. The van der Waals surface area contributed by atoms with Crippen molar-refractivity contribution in [3.8, 4) is 0 Å². The molecule has 1 N–H and O–H groups in total. The van der Waals surface area contributed by atoms with Gasteiger partial charge in [0.15, 0.2) is 0 Å². The monoisotopic (exact) mass is 245 g/mol. The Balaban J connectivity index is 2.26. The lowest BCUT2D eigenvalue weighted by Crippen LogP contribution is -2.46. The Morgan fingerprint density at radius 2 is 2.35 bits per heavy atom. The SMILES string of the molecule is CCOC(=O)CC(C)NCC1(OC)CCOC1. The third kappa shape index (κ3) is 4.61. The fourth-order valence-electron chi connectivity index (χ4n) is 1.86. The molecule has 0 aromatic heterocycles. The summed E-state index contributed by atoms with van der Waals surface area (Å²) < 4.78 is 15.7. The first-order chi connectivity index (χ1) is 8.12. The summed E-state index contributed by atoms with van der Waals surface area (Å²) in [6, 6.07) is 0.0849. The van der Waals surface area contributed by atoms with Crippen LogP contribution in [-0.2, 0) is 19.0 Å². The first-order valence-electron chi connectivity index (χ1n) is 6.14. The maximum atomic E-state index is 11.3. The molecule has 1 rings (SSSR count). The van der Waals surface area contributed by atoms with Crippen LogP contribution in [0.25, 0.3) is 0 Å². The second-order valence-corrected chi connectivity index (χ2v) is 4.48. The number of esters is 1. The molecule has 5 nitrogen and oxygen atoms in total. The van der Waals surface area contributed by atoms with Gasteiger partial charge in [-0.3, -0.25) is 4.79 Å². The highest BCUT2D eigenvalue weighted by Gasteiger charge is 2.34. The number of carbonyl (C=O) groups is 1. The first kappa shape index (κ1) is 14.4. The van der Waals surface area contributed by atoms with Crippen molar-refractivity contribution in [1.82, 2.24) is 5.32 Å². The third-order valence-corrected chi connectivity index (χ3v) is 3.05. The van der Waals surface area contributed by atoms with E-state index in [1.165, 1.54) is 0 Å². The second kappa shape index (κ2) is 6.93. The summed E-state index contributed by atoms with van der Waals surface area (Å²) in [5.41, 5.74) is -0.233. The second-order valence-electron chi connectivity index (χ2n) is 4.48. The van der Waals surface area contributed by atoms with Crippen LogP contribution in [0.15, 0.2) is 0 Å². The largest absolute Gasteiger partial charge is 0.466 e. The van der Waals surface area contributed by atoms with E-state index in [2.05, 4.69) is 5.32 Å².